The first kappa shape index (κ1) is 10.3. The molecule has 0 radical (unpaired) electrons. The van der Waals surface area contributed by atoms with Gasteiger partial charge in [0.15, 0.2) is 11.2 Å². The number of hydrogen-bond acceptors (Lipinski definition) is 5. The van der Waals surface area contributed by atoms with Gasteiger partial charge >= 0.3 is 0 Å². The maximum atomic E-state index is 11.6. The van der Waals surface area contributed by atoms with Crippen LogP contribution in [0.15, 0.2) is 4.79 Å². The fourth-order valence-electron chi connectivity index (χ4n) is 2.14. The topological polar surface area (TPSA) is 110 Å². The number of aromatic nitrogens is 4. The molecule has 90 valence electrons. The molecule has 0 aliphatic carbocycles. The largest absolute Gasteiger partial charge is 0.378 e. The molecule has 2 aromatic rings. The van der Waals surface area contributed by atoms with Gasteiger partial charge < -0.3 is 15.5 Å². The number of rotatable bonds is 1. The molecule has 3 rings (SSSR count). The van der Waals surface area contributed by atoms with Crippen molar-refractivity contribution in [3.05, 3.63) is 16.2 Å². The minimum atomic E-state index is -0.293. The van der Waals surface area contributed by atoms with Gasteiger partial charge in [0.25, 0.3) is 5.56 Å². The highest BCUT2D eigenvalue weighted by atomic mass is 16.5. The summed E-state index contributed by atoms with van der Waals surface area (Å²) in [7, 11) is 0. The molecule has 1 aliphatic heterocycles. The fourth-order valence-corrected chi connectivity index (χ4v) is 2.14. The molecule has 3 heterocycles. The number of nitrogens with two attached hydrogens (primary N) is 1. The first-order valence-electron chi connectivity index (χ1n) is 5.50. The molecule has 1 saturated heterocycles. The molecule has 2 aromatic heterocycles. The van der Waals surface area contributed by atoms with E-state index >= 15 is 0 Å². The summed E-state index contributed by atoms with van der Waals surface area (Å²) in [5.41, 5.74) is 5.90. The van der Waals surface area contributed by atoms with Crippen molar-refractivity contribution in [3.8, 4) is 0 Å². The molecule has 2 unspecified atom stereocenters. The van der Waals surface area contributed by atoms with Crippen LogP contribution in [0.1, 0.15) is 25.1 Å². The lowest BCUT2D eigenvalue weighted by atomic mass is 10.1. The van der Waals surface area contributed by atoms with Crippen molar-refractivity contribution in [1.82, 2.24) is 19.9 Å². The molecule has 4 N–H and O–H groups in total. The minimum Gasteiger partial charge on any atom is -0.378 e. The van der Waals surface area contributed by atoms with Crippen molar-refractivity contribution in [1.29, 1.82) is 0 Å². The summed E-state index contributed by atoms with van der Waals surface area (Å²) in [6.07, 6.45) is 1.12. The third kappa shape index (κ3) is 1.68. The van der Waals surface area contributed by atoms with E-state index in [-0.39, 0.29) is 23.5 Å². The first-order valence-corrected chi connectivity index (χ1v) is 5.50. The number of nitrogens with zero attached hydrogens (tertiary/aromatic N) is 2. The molecule has 1 fully saturated rings. The predicted molar refractivity (Wildman–Crippen MR) is 61.7 cm³/mol. The Labute approximate surface area is 96.4 Å². The third-order valence-electron chi connectivity index (χ3n) is 2.98. The van der Waals surface area contributed by atoms with E-state index in [9.17, 15) is 4.79 Å². The van der Waals surface area contributed by atoms with Gasteiger partial charge in [0.1, 0.15) is 5.82 Å². The first-order chi connectivity index (χ1) is 8.13. The Balaban J connectivity index is 2.08. The van der Waals surface area contributed by atoms with E-state index in [2.05, 4.69) is 19.9 Å². The van der Waals surface area contributed by atoms with Gasteiger partial charge in [-0.05, 0) is 13.3 Å². The maximum Gasteiger partial charge on any atom is 0.278 e. The van der Waals surface area contributed by atoms with E-state index in [1.807, 2.05) is 6.92 Å². The second-order valence-corrected chi connectivity index (χ2v) is 4.35. The lowest BCUT2D eigenvalue weighted by Gasteiger charge is -2.01. The van der Waals surface area contributed by atoms with Gasteiger partial charge in [0.05, 0.1) is 12.7 Å². The summed E-state index contributed by atoms with van der Waals surface area (Å²) in [6, 6.07) is 0. The summed E-state index contributed by atoms with van der Waals surface area (Å²) in [4.78, 5) is 25.3. The second kappa shape index (κ2) is 3.56. The highest BCUT2D eigenvalue weighted by Crippen LogP contribution is 2.27. The zero-order valence-corrected chi connectivity index (χ0v) is 9.36. The summed E-state index contributed by atoms with van der Waals surface area (Å²) in [5.74, 6) is 1.02. The summed E-state index contributed by atoms with van der Waals surface area (Å²) in [5, 5.41) is 0. The van der Waals surface area contributed by atoms with Crippen LogP contribution in [0.4, 0.5) is 5.95 Å². The Kier molecular flexibility index (Phi) is 2.15. The molecule has 0 aromatic carbocycles. The van der Waals surface area contributed by atoms with Crippen LogP contribution in [0.25, 0.3) is 11.2 Å². The number of hydrogen-bond donors (Lipinski definition) is 3. The van der Waals surface area contributed by atoms with Crippen LogP contribution in [0.2, 0.25) is 0 Å². The van der Waals surface area contributed by atoms with Gasteiger partial charge in [0.2, 0.25) is 5.95 Å². The normalized spacial score (nSPS) is 24.5. The Morgan fingerprint density at radius 2 is 2.24 bits per heavy atom. The molecular weight excluding hydrogens is 222 g/mol. The second-order valence-electron chi connectivity index (χ2n) is 4.35. The quantitative estimate of drug-likeness (QED) is 0.650. The Morgan fingerprint density at radius 3 is 2.94 bits per heavy atom. The smallest absolute Gasteiger partial charge is 0.278 e. The third-order valence-corrected chi connectivity index (χ3v) is 2.98. The van der Waals surface area contributed by atoms with Gasteiger partial charge in [-0.1, -0.05) is 0 Å². The number of nitrogens with one attached hydrogen (secondary N) is 2. The molecule has 0 amide bonds. The van der Waals surface area contributed by atoms with Crippen LogP contribution in [-0.4, -0.2) is 32.6 Å². The average Bonchev–Trinajstić information content (AvgIpc) is 2.83. The Bertz CT molecular complexity index is 617. The number of anilines is 1. The lowest BCUT2D eigenvalue weighted by molar-refractivity contribution is 0.123. The van der Waals surface area contributed by atoms with Crippen molar-refractivity contribution >= 4 is 17.1 Å². The van der Waals surface area contributed by atoms with Crippen LogP contribution < -0.4 is 11.3 Å². The number of nitrogen functional groups attached to an aromatic ring is 1. The van der Waals surface area contributed by atoms with Crippen molar-refractivity contribution in [2.24, 2.45) is 0 Å². The molecule has 0 bridgehead atoms. The van der Waals surface area contributed by atoms with E-state index in [1.165, 1.54) is 0 Å². The van der Waals surface area contributed by atoms with Gasteiger partial charge in [-0.15, -0.1) is 0 Å². The van der Waals surface area contributed by atoms with Crippen LogP contribution >= 0.6 is 0 Å². The molecular formula is C10H13N5O2. The van der Waals surface area contributed by atoms with Gasteiger partial charge in [-0.25, -0.2) is 4.98 Å². The zero-order valence-electron chi connectivity index (χ0n) is 9.36. The highest BCUT2D eigenvalue weighted by molar-refractivity contribution is 5.70. The summed E-state index contributed by atoms with van der Waals surface area (Å²) < 4.78 is 5.48. The molecule has 1 aliphatic rings. The van der Waals surface area contributed by atoms with E-state index < -0.39 is 0 Å². The summed E-state index contributed by atoms with van der Waals surface area (Å²) in [6.45, 7) is 2.64. The number of imidazole rings is 1. The monoisotopic (exact) mass is 235 g/mol. The predicted octanol–water partition coefficient (Wildman–Crippen LogP) is 0.121. The fraction of sp³-hybridized carbons (Fsp3) is 0.500. The average molecular weight is 235 g/mol. The molecule has 7 heteroatoms. The molecule has 17 heavy (non-hydrogen) atoms. The van der Waals surface area contributed by atoms with E-state index in [4.69, 9.17) is 10.5 Å². The van der Waals surface area contributed by atoms with Crippen molar-refractivity contribution < 1.29 is 4.74 Å². The Hall–Kier alpha value is -1.89. The zero-order chi connectivity index (χ0) is 12.0. The van der Waals surface area contributed by atoms with E-state index in [1.54, 1.807) is 0 Å². The van der Waals surface area contributed by atoms with Crippen LogP contribution in [0.3, 0.4) is 0 Å². The molecule has 2 atom stereocenters. The maximum absolute atomic E-state index is 11.6. The van der Waals surface area contributed by atoms with Gasteiger partial charge in [0, 0.05) is 5.92 Å². The number of aromatic amines is 2. The van der Waals surface area contributed by atoms with E-state index in [0.29, 0.717) is 17.8 Å². The van der Waals surface area contributed by atoms with Crippen LogP contribution in [0.5, 0.6) is 0 Å². The van der Waals surface area contributed by atoms with Crippen molar-refractivity contribution in [2.75, 3.05) is 12.3 Å². The lowest BCUT2D eigenvalue weighted by Crippen LogP contribution is -2.11. The number of ether oxygens (including phenoxy) is 1. The van der Waals surface area contributed by atoms with Gasteiger partial charge in [-0.2, -0.15) is 4.98 Å². The van der Waals surface area contributed by atoms with Crippen molar-refractivity contribution in [3.63, 3.8) is 0 Å². The van der Waals surface area contributed by atoms with E-state index in [0.717, 1.165) is 12.2 Å². The Morgan fingerprint density at radius 1 is 1.41 bits per heavy atom. The summed E-state index contributed by atoms with van der Waals surface area (Å²) >= 11 is 0. The van der Waals surface area contributed by atoms with Crippen LogP contribution in [-0.2, 0) is 4.74 Å². The molecule has 0 saturated carbocycles. The number of fused-ring (bicyclic) bond motifs is 1. The highest BCUT2D eigenvalue weighted by Gasteiger charge is 2.26. The van der Waals surface area contributed by atoms with Crippen LogP contribution in [0, 0.1) is 0 Å². The minimum absolute atomic E-state index is 0.0802. The van der Waals surface area contributed by atoms with Gasteiger partial charge in [-0.3, -0.25) is 9.78 Å². The van der Waals surface area contributed by atoms with Crippen molar-refractivity contribution in [2.45, 2.75) is 25.4 Å². The number of H-pyrrole nitrogens is 2. The molecule has 7 nitrogen and oxygen atoms in total. The molecule has 0 spiro atoms. The SMILES string of the molecule is CC1CC(c2nc3nc(N)[nH]c(=O)c3[nH]2)CO1. The standard InChI is InChI=1S/C10H13N5O2/c1-4-2-5(3-17-4)7-12-6-8(13-7)14-10(11)15-9(6)16/h4-5H,2-3H2,1H3,(H4,11,12,13,14,15,16).